The van der Waals surface area contributed by atoms with E-state index in [9.17, 15) is 18.4 Å². The van der Waals surface area contributed by atoms with Crippen LogP contribution < -0.4 is 0 Å². The molecule has 0 bridgehead atoms. The number of halogens is 2. The zero-order valence-corrected chi connectivity index (χ0v) is 15.5. The average molecular weight is 403 g/mol. The van der Waals surface area contributed by atoms with Gasteiger partial charge in [-0.1, -0.05) is 0 Å². The Morgan fingerprint density at radius 2 is 1.86 bits per heavy atom. The van der Waals surface area contributed by atoms with Crippen LogP contribution in [0.1, 0.15) is 47.8 Å². The third kappa shape index (κ3) is 2.91. The highest BCUT2D eigenvalue weighted by atomic mass is 19.1. The van der Waals surface area contributed by atoms with E-state index in [1.54, 1.807) is 9.80 Å². The van der Waals surface area contributed by atoms with Gasteiger partial charge in [0, 0.05) is 32.0 Å². The fourth-order valence-electron chi connectivity index (χ4n) is 4.69. The molecule has 5 rings (SSSR count). The fraction of sp³-hybridized carbons (Fsp3) is 0.450. The Kier molecular flexibility index (Phi) is 4.16. The Bertz CT molecular complexity index is 936. The Morgan fingerprint density at radius 1 is 1.14 bits per heavy atom. The van der Waals surface area contributed by atoms with E-state index in [-0.39, 0.29) is 17.5 Å². The lowest BCUT2D eigenvalue weighted by Gasteiger charge is -2.37. The number of carbonyl (C=O) groups excluding carboxylic acids is 2. The summed E-state index contributed by atoms with van der Waals surface area (Å²) in [4.78, 5) is 32.9. The number of piperidine rings is 1. The Labute approximate surface area is 165 Å². The van der Waals surface area contributed by atoms with Crippen LogP contribution in [0.15, 0.2) is 35.3 Å². The molecule has 1 aromatic carbocycles. The lowest BCUT2D eigenvalue weighted by molar-refractivity contribution is -0.142. The van der Waals surface area contributed by atoms with Gasteiger partial charge in [0.15, 0.2) is 17.7 Å². The minimum absolute atomic E-state index is 0.164. The normalized spacial score (nSPS) is 25.7. The molecule has 3 fully saturated rings. The molecule has 2 atom stereocenters. The van der Waals surface area contributed by atoms with E-state index >= 15 is 0 Å². The summed E-state index contributed by atoms with van der Waals surface area (Å²) < 4.78 is 38.4. The highest BCUT2D eigenvalue weighted by Crippen LogP contribution is 2.47. The number of carbonyl (C=O) groups is 2. The van der Waals surface area contributed by atoms with Crippen LogP contribution in [-0.4, -0.2) is 51.5 Å². The number of ether oxygens (including phenoxy) is 1. The number of hydrogen-bond donors (Lipinski definition) is 0. The predicted octanol–water partition coefficient (Wildman–Crippen LogP) is 2.65. The SMILES string of the molecule is O=C(c1cocn1)N1CCC2(CC1)O[C@@H]1CC[C@@H](c3cc(F)cc(F)c3)N1C2=O. The number of oxazole rings is 1. The molecule has 152 valence electrons. The van der Waals surface area contributed by atoms with Gasteiger partial charge in [0.2, 0.25) is 0 Å². The van der Waals surface area contributed by atoms with Crippen molar-refractivity contribution < 1.29 is 27.5 Å². The minimum Gasteiger partial charge on any atom is -0.451 e. The van der Waals surface area contributed by atoms with Gasteiger partial charge in [-0.05, 0) is 30.5 Å². The Hall–Kier alpha value is -2.81. The maximum Gasteiger partial charge on any atom is 0.275 e. The fourth-order valence-corrected chi connectivity index (χ4v) is 4.69. The highest BCUT2D eigenvalue weighted by Gasteiger charge is 2.58. The first-order chi connectivity index (χ1) is 14.0. The first kappa shape index (κ1) is 18.2. The van der Waals surface area contributed by atoms with Crippen molar-refractivity contribution in [1.82, 2.24) is 14.8 Å². The number of rotatable bonds is 2. The van der Waals surface area contributed by atoms with Gasteiger partial charge in [-0.3, -0.25) is 9.59 Å². The molecule has 0 radical (unpaired) electrons. The van der Waals surface area contributed by atoms with Crippen LogP contribution in [0.5, 0.6) is 0 Å². The van der Waals surface area contributed by atoms with E-state index in [1.165, 1.54) is 24.8 Å². The van der Waals surface area contributed by atoms with Crippen LogP contribution in [0.25, 0.3) is 0 Å². The summed E-state index contributed by atoms with van der Waals surface area (Å²) in [6, 6.07) is 2.95. The lowest BCUT2D eigenvalue weighted by atomic mass is 9.89. The van der Waals surface area contributed by atoms with Crippen molar-refractivity contribution in [2.24, 2.45) is 0 Å². The summed E-state index contributed by atoms with van der Waals surface area (Å²) in [5, 5.41) is 0. The number of hydrogen-bond acceptors (Lipinski definition) is 5. The van der Waals surface area contributed by atoms with Gasteiger partial charge in [0.25, 0.3) is 11.8 Å². The number of benzene rings is 1. The van der Waals surface area contributed by atoms with E-state index in [0.29, 0.717) is 44.3 Å². The lowest BCUT2D eigenvalue weighted by Crippen LogP contribution is -2.51. The second kappa shape index (κ2) is 6.62. The number of fused-ring (bicyclic) bond motifs is 1. The van der Waals surface area contributed by atoms with Crippen LogP contribution in [0.4, 0.5) is 8.78 Å². The monoisotopic (exact) mass is 403 g/mol. The van der Waals surface area contributed by atoms with Gasteiger partial charge in [-0.2, -0.15) is 0 Å². The van der Waals surface area contributed by atoms with E-state index < -0.39 is 29.5 Å². The van der Waals surface area contributed by atoms with Gasteiger partial charge in [0.1, 0.15) is 24.1 Å². The average Bonchev–Trinajstić information content (AvgIpc) is 3.41. The third-order valence-electron chi connectivity index (χ3n) is 6.10. The molecular formula is C20H19F2N3O4. The molecule has 0 N–H and O–H groups in total. The van der Waals surface area contributed by atoms with E-state index in [2.05, 4.69) is 4.98 Å². The second-order valence-corrected chi connectivity index (χ2v) is 7.74. The molecule has 0 aliphatic carbocycles. The number of nitrogens with zero attached hydrogens (tertiary/aromatic N) is 3. The first-order valence-corrected chi connectivity index (χ1v) is 9.61. The molecule has 3 aliphatic rings. The summed E-state index contributed by atoms with van der Waals surface area (Å²) >= 11 is 0. The summed E-state index contributed by atoms with van der Waals surface area (Å²) in [5.41, 5.74) is -0.318. The maximum absolute atomic E-state index is 13.7. The van der Waals surface area contributed by atoms with Crippen LogP contribution in [0.3, 0.4) is 0 Å². The Balaban J connectivity index is 1.33. The van der Waals surface area contributed by atoms with Crippen molar-refractivity contribution in [1.29, 1.82) is 0 Å². The van der Waals surface area contributed by atoms with Crippen molar-refractivity contribution in [2.45, 2.75) is 43.6 Å². The number of amides is 2. The standard InChI is InChI=1S/C20H19F2N3O4/c21-13-7-12(8-14(22)9-13)16-1-2-17-25(16)19(27)20(29-17)3-5-24(6-4-20)18(26)15-10-28-11-23-15/h7-11,16-17H,1-6H2/t16-,17+/m0/s1. The number of likely N-dealkylation sites (tertiary alicyclic amines) is 1. The van der Waals surface area contributed by atoms with Crippen LogP contribution in [0, 0.1) is 11.6 Å². The topological polar surface area (TPSA) is 75.9 Å². The summed E-state index contributed by atoms with van der Waals surface area (Å²) in [5.74, 6) is -1.73. The molecule has 7 nitrogen and oxygen atoms in total. The van der Waals surface area contributed by atoms with Crippen molar-refractivity contribution in [3.63, 3.8) is 0 Å². The predicted molar refractivity (Wildman–Crippen MR) is 94.4 cm³/mol. The number of aromatic nitrogens is 1. The van der Waals surface area contributed by atoms with E-state index in [1.807, 2.05) is 0 Å². The molecule has 2 aromatic rings. The van der Waals surface area contributed by atoms with E-state index in [0.717, 1.165) is 6.07 Å². The molecule has 4 heterocycles. The van der Waals surface area contributed by atoms with Crippen LogP contribution in [0.2, 0.25) is 0 Å². The molecular weight excluding hydrogens is 384 g/mol. The summed E-state index contributed by atoms with van der Waals surface area (Å²) in [6.45, 7) is 0.717. The molecule has 1 aromatic heterocycles. The van der Waals surface area contributed by atoms with Gasteiger partial charge in [-0.15, -0.1) is 0 Å². The molecule has 0 saturated carbocycles. The van der Waals surface area contributed by atoms with Crippen LogP contribution in [-0.2, 0) is 9.53 Å². The van der Waals surface area contributed by atoms with Crippen molar-refractivity contribution in [2.75, 3.05) is 13.1 Å². The summed E-state index contributed by atoms with van der Waals surface area (Å²) in [7, 11) is 0. The smallest absolute Gasteiger partial charge is 0.275 e. The van der Waals surface area contributed by atoms with Crippen molar-refractivity contribution in [3.8, 4) is 0 Å². The van der Waals surface area contributed by atoms with E-state index in [4.69, 9.17) is 9.15 Å². The zero-order valence-electron chi connectivity index (χ0n) is 15.5. The molecule has 3 saturated heterocycles. The Morgan fingerprint density at radius 3 is 2.52 bits per heavy atom. The summed E-state index contributed by atoms with van der Waals surface area (Å²) in [6.07, 6.45) is 4.02. The zero-order chi connectivity index (χ0) is 20.2. The minimum atomic E-state index is -0.990. The molecule has 9 heteroatoms. The van der Waals surface area contributed by atoms with Crippen molar-refractivity contribution >= 4 is 11.8 Å². The van der Waals surface area contributed by atoms with Gasteiger partial charge in [0.05, 0.1) is 6.04 Å². The first-order valence-electron chi connectivity index (χ1n) is 9.61. The molecule has 0 unspecified atom stereocenters. The van der Waals surface area contributed by atoms with Gasteiger partial charge in [-0.25, -0.2) is 13.8 Å². The molecule has 1 spiro atoms. The molecule has 3 aliphatic heterocycles. The second-order valence-electron chi connectivity index (χ2n) is 7.74. The molecule has 2 amide bonds. The maximum atomic E-state index is 13.7. The van der Waals surface area contributed by atoms with Gasteiger partial charge < -0.3 is 19.0 Å². The largest absolute Gasteiger partial charge is 0.451 e. The molecule has 29 heavy (non-hydrogen) atoms. The van der Waals surface area contributed by atoms with Gasteiger partial charge >= 0.3 is 0 Å². The van der Waals surface area contributed by atoms with Crippen LogP contribution >= 0.6 is 0 Å². The quantitative estimate of drug-likeness (QED) is 0.771. The third-order valence-corrected chi connectivity index (χ3v) is 6.10. The highest BCUT2D eigenvalue weighted by molar-refractivity contribution is 5.93. The van der Waals surface area contributed by atoms with Crippen molar-refractivity contribution in [3.05, 3.63) is 53.7 Å².